The molecular formula is C14H19NO4. The predicted molar refractivity (Wildman–Crippen MR) is 70.0 cm³/mol. The van der Waals surface area contributed by atoms with Crippen molar-refractivity contribution in [3.05, 3.63) is 17.7 Å². The van der Waals surface area contributed by atoms with Crippen molar-refractivity contribution in [2.75, 3.05) is 33.5 Å². The third-order valence-electron chi connectivity index (χ3n) is 3.41. The highest BCUT2D eigenvalue weighted by molar-refractivity contribution is 5.54. The van der Waals surface area contributed by atoms with Crippen LogP contribution in [0.15, 0.2) is 12.1 Å². The maximum Gasteiger partial charge on any atom is 0.203 e. The van der Waals surface area contributed by atoms with Crippen LogP contribution >= 0.6 is 0 Å². The summed E-state index contributed by atoms with van der Waals surface area (Å²) >= 11 is 0. The van der Waals surface area contributed by atoms with Crippen LogP contribution in [0.25, 0.3) is 0 Å². The molecule has 2 aliphatic heterocycles. The lowest BCUT2D eigenvalue weighted by Crippen LogP contribution is -2.28. The first-order chi connectivity index (χ1) is 9.36. The molecule has 5 nitrogen and oxygen atoms in total. The minimum absolute atomic E-state index is 0.444. The second kappa shape index (κ2) is 5.67. The zero-order valence-electron chi connectivity index (χ0n) is 11.1. The molecule has 1 unspecified atom stereocenters. The highest BCUT2D eigenvalue weighted by Gasteiger charge is 2.19. The largest absolute Gasteiger partial charge is 0.493 e. The molecule has 0 aromatic heterocycles. The summed E-state index contributed by atoms with van der Waals surface area (Å²) in [4.78, 5) is 0. The van der Waals surface area contributed by atoms with Crippen molar-refractivity contribution in [3.63, 3.8) is 0 Å². The summed E-state index contributed by atoms with van der Waals surface area (Å²) in [5, 5.41) is 3.48. The number of nitrogens with one attached hydrogen (secondary N) is 1. The summed E-state index contributed by atoms with van der Waals surface area (Å²) in [6, 6.07) is 4.45. The molecule has 1 aromatic carbocycles. The van der Waals surface area contributed by atoms with Crippen molar-refractivity contribution < 1.29 is 18.9 Å². The van der Waals surface area contributed by atoms with Crippen LogP contribution in [0.2, 0.25) is 0 Å². The van der Waals surface area contributed by atoms with Gasteiger partial charge in [-0.3, -0.25) is 0 Å². The fraction of sp³-hybridized carbons (Fsp3) is 0.571. The van der Waals surface area contributed by atoms with Crippen molar-refractivity contribution in [2.45, 2.75) is 19.0 Å². The zero-order chi connectivity index (χ0) is 13.1. The first kappa shape index (κ1) is 12.6. The fourth-order valence-electron chi connectivity index (χ4n) is 2.39. The SMILES string of the molecule is COc1cc(CNC2CCOC2)cc2c1OCCO2. The molecule has 104 valence electrons. The molecule has 19 heavy (non-hydrogen) atoms. The van der Waals surface area contributed by atoms with Crippen molar-refractivity contribution in [1.82, 2.24) is 5.32 Å². The Hall–Kier alpha value is -1.46. The molecule has 3 rings (SSSR count). The van der Waals surface area contributed by atoms with Gasteiger partial charge in [-0.2, -0.15) is 0 Å². The average molecular weight is 265 g/mol. The van der Waals surface area contributed by atoms with Gasteiger partial charge < -0.3 is 24.3 Å². The molecule has 0 radical (unpaired) electrons. The quantitative estimate of drug-likeness (QED) is 0.890. The van der Waals surface area contributed by atoms with E-state index in [4.69, 9.17) is 18.9 Å². The Labute approximate surface area is 112 Å². The Morgan fingerprint density at radius 3 is 2.95 bits per heavy atom. The van der Waals surface area contributed by atoms with Gasteiger partial charge in [0.1, 0.15) is 13.2 Å². The van der Waals surface area contributed by atoms with Crippen LogP contribution in [-0.2, 0) is 11.3 Å². The topological polar surface area (TPSA) is 49.0 Å². The van der Waals surface area contributed by atoms with Crippen LogP contribution in [0.5, 0.6) is 17.2 Å². The molecule has 0 saturated carbocycles. The van der Waals surface area contributed by atoms with Crippen LogP contribution in [-0.4, -0.2) is 39.6 Å². The van der Waals surface area contributed by atoms with Crippen LogP contribution in [0.1, 0.15) is 12.0 Å². The lowest BCUT2D eigenvalue weighted by atomic mass is 10.1. The van der Waals surface area contributed by atoms with E-state index in [0.717, 1.165) is 43.2 Å². The van der Waals surface area contributed by atoms with Gasteiger partial charge in [-0.25, -0.2) is 0 Å². The van der Waals surface area contributed by atoms with Gasteiger partial charge in [0.15, 0.2) is 11.5 Å². The average Bonchev–Trinajstić information content (AvgIpc) is 2.97. The van der Waals surface area contributed by atoms with E-state index in [2.05, 4.69) is 5.32 Å². The van der Waals surface area contributed by atoms with E-state index in [1.54, 1.807) is 7.11 Å². The minimum atomic E-state index is 0.444. The molecule has 1 atom stereocenters. The number of hydrogen-bond acceptors (Lipinski definition) is 5. The van der Waals surface area contributed by atoms with Crippen molar-refractivity contribution in [3.8, 4) is 17.2 Å². The van der Waals surface area contributed by atoms with Gasteiger partial charge in [-0.05, 0) is 24.1 Å². The molecule has 0 aliphatic carbocycles. The molecular weight excluding hydrogens is 246 g/mol. The first-order valence-electron chi connectivity index (χ1n) is 6.64. The van der Waals surface area contributed by atoms with Crippen molar-refractivity contribution in [1.29, 1.82) is 0 Å². The maximum atomic E-state index is 5.62. The fourth-order valence-corrected chi connectivity index (χ4v) is 2.39. The van der Waals surface area contributed by atoms with E-state index in [0.29, 0.717) is 25.0 Å². The number of rotatable bonds is 4. The molecule has 1 fully saturated rings. The van der Waals surface area contributed by atoms with E-state index >= 15 is 0 Å². The van der Waals surface area contributed by atoms with Crippen molar-refractivity contribution >= 4 is 0 Å². The van der Waals surface area contributed by atoms with Gasteiger partial charge in [0.2, 0.25) is 5.75 Å². The predicted octanol–water partition coefficient (Wildman–Crippen LogP) is 1.34. The van der Waals surface area contributed by atoms with Gasteiger partial charge in [0.05, 0.1) is 13.7 Å². The van der Waals surface area contributed by atoms with Crippen molar-refractivity contribution in [2.24, 2.45) is 0 Å². The van der Waals surface area contributed by atoms with Crippen LogP contribution in [0.3, 0.4) is 0 Å². The summed E-state index contributed by atoms with van der Waals surface area (Å²) < 4.78 is 21.9. The van der Waals surface area contributed by atoms with Gasteiger partial charge in [-0.15, -0.1) is 0 Å². The first-order valence-corrected chi connectivity index (χ1v) is 6.64. The second-order valence-corrected chi connectivity index (χ2v) is 4.76. The molecule has 5 heteroatoms. The number of fused-ring (bicyclic) bond motifs is 1. The Morgan fingerprint density at radius 1 is 1.26 bits per heavy atom. The Balaban J connectivity index is 1.73. The van der Waals surface area contributed by atoms with Gasteiger partial charge in [-0.1, -0.05) is 0 Å². The highest BCUT2D eigenvalue weighted by Crippen LogP contribution is 2.40. The summed E-state index contributed by atoms with van der Waals surface area (Å²) in [5.41, 5.74) is 1.13. The van der Waals surface area contributed by atoms with Crippen LogP contribution in [0.4, 0.5) is 0 Å². The number of ether oxygens (including phenoxy) is 4. The molecule has 1 N–H and O–H groups in total. The van der Waals surface area contributed by atoms with Gasteiger partial charge in [0.25, 0.3) is 0 Å². The molecule has 1 aromatic rings. The maximum absolute atomic E-state index is 5.62. The second-order valence-electron chi connectivity index (χ2n) is 4.76. The van der Waals surface area contributed by atoms with E-state index in [-0.39, 0.29) is 0 Å². The number of hydrogen-bond donors (Lipinski definition) is 1. The highest BCUT2D eigenvalue weighted by atomic mass is 16.6. The molecule has 0 bridgehead atoms. The van der Waals surface area contributed by atoms with Gasteiger partial charge in [0, 0.05) is 19.2 Å². The third-order valence-corrected chi connectivity index (χ3v) is 3.41. The molecule has 0 spiro atoms. The Kier molecular flexibility index (Phi) is 3.75. The molecule has 1 saturated heterocycles. The lowest BCUT2D eigenvalue weighted by Gasteiger charge is -2.22. The van der Waals surface area contributed by atoms with E-state index in [1.165, 1.54) is 0 Å². The van der Waals surface area contributed by atoms with E-state index in [1.807, 2.05) is 12.1 Å². The number of methoxy groups -OCH3 is 1. The van der Waals surface area contributed by atoms with E-state index < -0.39 is 0 Å². The smallest absolute Gasteiger partial charge is 0.203 e. The van der Waals surface area contributed by atoms with Gasteiger partial charge >= 0.3 is 0 Å². The molecule has 0 amide bonds. The summed E-state index contributed by atoms with van der Waals surface area (Å²) in [6.07, 6.45) is 1.07. The summed E-state index contributed by atoms with van der Waals surface area (Å²) in [7, 11) is 1.65. The normalized spacial score (nSPS) is 21.4. The summed E-state index contributed by atoms with van der Waals surface area (Å²) in [5.74, 6) is 2.21. The minimum Gasteiger partial charge on any atom is -0.493 e. The lowest BCUT2D eigenvalue weighted by molar-refractivity contribution is 0.165. The zero-order valence-corrected chi connectivity index (χ0v) is 11.1. The number of benzene rings is 1. The van der Waals surface area contributed by atoms with Crippen LogP contribution in [0, 0.1) is 0 Å². The standard InChI is InChI=1S/C14H19NO4/c1-16-12-6-10(8-15-11-2-3-17-9-11)7-13-14(12)19-5-4-18-13/h6-7,11,15H,2-5,8-9H2,1H3. The van der Waals surface area contributed by atoms with Crippen LogP contribution < -0.4 is 19.5 Å². The third kappa shape index (κ3) is 2.77. The Morgan fingerprint density at radius 2 is 2.16 bits per heavy atom. The molecule has 2 aliphatic rings. The van der Waals surface area contributed by atoms with E-state index in [9.17, 15) is 0 Å². The monoisotopic (exact) mass is 265 g/mol. The molecule has 2 heterocycles. The summed E-state index contributed by atoms with van der Waals surface area (Å²) in [6.45, 7) is 3.58. The Bertz CT molecular complexity index is 426.